The minimum Gasteiger partial charge on any atom is -0.490 e. The summed E-state index contributed by atoms with van der Waals surface area (Å²) in [6.45, 7) is 2.13. The van der Waals surface area contributed by atoms with E-state index in [1.54, 1.807) is 11.0 Å². The summed E-state index contributed by atoms with van der Waals surface area (Å²) in [5.41, 5.74) is 0. The molecule has 1 aliphatic rings. The lowest BCUT2D eigenvalue weighted by Crippen LogP contribution is -2.36. The number of carbonyl (C=O) groups is 2. The summed E-state index contributed by atoms with van der Waals surface area (Å²) >= 11 is 0. The molecule has 1 heterocycles. The number of carboxylic acid groups (broad SMARTS) is 1. The van der Waals surface area contributed by atoms with E-state index in [0.717, 1.165) is 25.7 Å². The lowest BCUT2D eigenvalue weighted by Gasteiger charge is -2.24. The molecule has 0 aromatic carbocycles. The Balaban J connectivity index is 2.38. The Morgan fingerprint density at radius 3 is 2.88 bits per heavy atom. The number of carbonyl (C=O) groups excluding carboxylic acids is 1. The molecule has 1 rings (SSSR count). The summed E-state index contributed by atoms with van der Waals surface area (Å²) in [5, 5.41) is 18.1. The number of hydrogen-bond donors (Lipinski definition) is 2. The number of ether oxygens (including phenoxy) is 1. The second kappa shape index (κ2) is 12.0. The Bertz CT molecular complexity index is 482. The fourth-order valence-electron chi connectivity index (χ4n) is 2.72. The van der Waals surface area contributed by atoms with Gasteiger partial charge in [-0.05, 0) is 31.8 Å². The maximum absolute atomic E-state index is 12.1. The third-order valence-electron chi connectivity index (χ3n) is 4.06. The largest absolute Gasteiger partial charge is 0.490 e. The van der Waals surface area contributed by atoms with Crippen LogP contribution in [-0.4, -0.2) is 61.6 Å². The molecule has 0 radical (unpaired) electrons. The Kier molecular flexibility index (Phi) is 10.4. The van der Waals surface area contributed by atoms with E-state index >= 15 is 0 Å². The number of rotatable bonds is 13. The van der Waals surface area contributed by atoms with Crippen molar-refractivity contribution in [2.24, 2.45) is 0 Å². The number of aliphatic carboxylic acids is 1. The third-order valence-corrected chi connectivity index (χ3v) is 5.69. The van der Waals surface area contributed by atoms with Gasteiger partial charge < -0.3 is 19.8 Å². The van der Waals surface area contributed by atoms with Crippen LogP contribution in [-0.2, 0) is 25.1 Å². The highest BCUT2D eigenvalue weighted by atomic mass is 32.2. The van der Waals surface area contributed by atoms with Crippen LogP contribution < -0.4 is 0 Å². The normalized spacial score (nSPS) is 21.8. The van der Waals surface area contributed by atoms with E-state index < -0.39 is 29.5 Å². The van der Waals surface area contributed by atoms with E-state index in [4.69, 9.17) is 9.84 Å². The minimum atomic E-state index is -1.23. The Morgan fingerprint density at radius 1 is 1.44 bits per heavy atom. The fourth-order valence-corrected chi connectivity index (χ4v) is 4.22. The second-order valence-corrected chi connectivity index (χ2v) is 7.75. The van der Waals surface area contributed by atoms with Crippen molar-refractivity contribution >= 4 is 22.7 Å². The average Bonchev–Trinajstić information content (AvgIpc) is 2.82. The van der Waals surface area contributed by atoms with Crippen molar-refractivity contribution in [1.82, 2.24) is 4.90 Å². The Hall–Kier alpha value is -1.41. The third kappa shape index (κ3) is 8.49. The number of carboxylic acids is 1. The summed E-state index contributed by atoms with van der Waals surface area (Å²) in [7, 11) is -1.23. The summed E-state index contributed by atoms with van der Waals surface area (Å²) in [6, 6.07) is 0. The van der Waals surface area contributed by atoms with Crippen molar-refractivity contribution in [2.75, 3.05) is 18.9 Å². The smallest absolute Gasteiger partial charge is 0.341 e. The van der Waals surface area contributed by atoms with E-state index in [1.165, 1.54) is 6.26 Å². The number of amides is 1. The number of aliphatic hydroxyl groups is 1. The quantitative estimate of drug-likeness (QED) is 0.374. The first-order valence-corrected chi connectivity index (χ1v) is 10.2. The monoisotopic (exact) mass is 375 g/mol. The molecule has 3 atom stereocenters. The number of aliphatic hydroxyl groups excluding tert-OH is 1. The highest BCUT2D eigenvalue weighted by molar-refractivity contribution is 7.86. The molecule has 0 saturated carbocycles. The first-order chi connectivity index (χ1) is 12.0. The first kappa shape index (κ1) is 21.6. The van der Waals surface area contributed by atoms with Crippen molar-refractivity contribution in [2.45, 2.75) is 63.3 Å². The van der Waals surface area contributed by atoms with E-state index in [2.05, 4.69) is 6.92 Å². The topological polar surface area (TPSA) is 104 Å². The second-order valence-electron chi connectivity index (χ2n) is 6.16. The van der Waals surface area contributed by atoms with E-state index in [-0.39, 0.29) is 17.0 Å². The van der Waals surface area contributed by atoms with Crippen LogP contribution in [0, 0.1) is 0 Å². The molecule has 1 saturated heterocycles. The van der Waals surface area contributed by atoms with Gasteiger partial charge in [-0.1, -0.05) is 26.2 Å². The summed E-state index contributed by atoms with van der Waals surface area (Å²) in [6.07, 6.45) is 8.01. The molecule has 2 N–H and O–H groups in total. The molecule has 1 fully saturated rings. The van der Waals surface area contributed by atoms with Crippen LogP contribution in [0.2, 0.25) is 0 Å². The van der Waals surface area contributed by atoms with Gasteiger partial charge in [0.05, 0.1) is 23.2 Å². The highest BCUT2D eigenvalue weighted by Gasteiger charge is 2.36. The Labute approximate surface area is 151 Å². The van der Waals surface area contributed by atoms with Crippen LogP contribution in [0.1, 0.15) is 51.9 Å². The van der Waals surface area contributed by atoms with Gasteiger partial charge in [0.1, 0.15) is 11.1 Å². The van der Waals surface area contributed by atoms with Crippen molar-refractivity contribution < 1.29 is 28.7 Å². The zero-order valence-electron chi connectivity index (χ0n) is 14.8. The van der Waals surface area contributed by atoms with Gasteiger partial charge in [0, 0.05) is 6.54 Å². The fraction of sp³-hybridized carbons (Fsp3) is 0.765. The highest BCUT2D eigenvalue weighted by Crippen LogP contribution is 2.21. The molecule has 3 unspecified atom stereocenters. The molecule has 0 aromatic rings. The minimum absolute atomic E-state index is 0.0375. The van der Waals surface area contributed by atoms with E-state index in [1.807, 2.05) is 0 Å². The van der Waals surface area contributed by atoms with Gasteiger partial charge in [-0.25, -0.2) is 4.79 Å². The van der Waals surface area contributed by atoms with Gasteiger partial charge >= 0.3 is 5.97 Å². The maximum Gasteiger partial charge on any atom is 0.341 e. The van der Waals surface area contributed by atoms with Crippen LogP contribution in [0.4, 0.5) is 0 Å². The number of unbranched alkanes of at least 4 members (excludes halogenated alkanes) is 2. The van der Waals surface area contributed by atoms with Crippen LogP contribution in [0.5, 0.6) is 0 Å². The first-order valence-electron chi connectivity index (χ1n) is 8.78. The van der Waals surface area contributed by atoms with Crippen LogP contribution >= 0.6 is 0 Å². The van der Waals surface area contributed by atoms with Gasteiger partial charge in [-0.2, -0.15) is 0 Å². The van der Waals surface area contributed by atoms with Crippen LogP contribution in [0.3, 0.4) is 0 Å². The number of nitrogens with zero attached hydrogens (tertiary/aromatic N) is 1. The maximum atomic E-state index is 12.1. The van der Waals surface area contributed by atoms with Gasteiger partial charge in [0.2, 0.25) is 5.91 Å². The van der Waals surface area contributed by atoms with Gasteiger partial charge in [0.15, 0.2) is 6.61 Å². The number of hydrogen-bond acceptors (Lipinski definition) is 5. The number of allylic oxidation sites excluding steroid dienone is 1. The van der Waals surface area contributed by atoms with E-state index in [0.29, 0.717) is 25.8 Å². The lowest BCUT2D eigenvalue weighted by atomic mass is 10.1. The Morgan fingerprint density at radius 2 is 2.20 bits per heavy atom. The molecule has 1 amide bonds. The van der Waals surface area contributed by atoms with Gasteiger partial charge in [0.25, 0.3) is 0 Å². The molecule has 0 aliphatic carbocycles. The van der Waals surface area contributed by atoms with Crippen molar-refractivity contribution in [3.8, 4) is 0 Å². The van der Waals surface area contributed by atoms with Crippen LogP contribution in [0.25, 0.3) is 0 Å². The van der Waals surface area contributed by atoms with Gasteiger partial charge in [-0.15, -0.1) is 0 Å². The predicted octanol–water partition coefficient (Wildman–Crippen LogP) is 1.63. The molecule has 0 bridgehead atoms. The molecule has 1 aliphatic heterocycles. The molecular weight excluding hydrogens is 346 g/mol. The predicted molar refractivity (Wildman–Crippen MR) is 95.2 cm³/mol. The van der Waals surface area contributed by atoms with E-state index in [9.17, 15) is 18.9 Å². The summed E-state index contributed by atoms with van der Waals surface area (Å²) in [5.74, 6) is -1.14. The zero-order valence-corrected chi connectivity index (χ0v) is 15.6. The molecule has 0 spiro atoms. The average molecular weight is 375 g/mol. The molecule has 144 valence electrons. The molecule has 0 aromatic heterocycles. The summed E-state index contributed by atoms with van der Waals surface area (Å²) in [4.78, 5) is 23.9. The van der Waals surface area contributed by atoms with Crippen molar-refractivity contribution in [3.63, 3.8) is 0 Å². The molecule has 8 heteroatoms. The lowest BCUT2D eigenvalue weighted by molar-refractivity contribution is -0.140. The van der Waals surface area contributed by atoms with Crippen LogP contribution in [0.15, 0.2) is 12.3 Å². The van der Waals surface area contributed by atoms with Crippen molar-refractivity contribution in [3.05, 3.63) is 12.3 Å². The SMILES string of the molecule is CCCCCC(O)CCN1C(=O)CS(=O)C1CC/C=C\OCC(=O)O. The molecule has 7 nitrogen and oxygen atoms in total. The van der Waals surface area contributed by atoms with Crippen molar-refractivity contribution in [1.29, 1.82) is 0 Å². The zero-order chi connectivity index (χ0) is 18.7. The molecule has 25 heavy (non-hydrogen) atoms. The van der Waals surface area contributed by atoms with Gasteiger partial charge in [-0.3, -0.25) is 9.00 Å². The molecular formula is C17H29NO6S. The standard InChI is InChI=1S/C17H29NO6S/c1-2-3-4-7-14(19)9-10-18-15(20)13-25(23)16(18)8-5-6-11-24-12-17(21)22/h6,11,14,16,19H,2-5,7-10,12-13H2,1H3,(H,21,22)/b11-6-. The summed E-state index contributed by atoms with van der Waals surface area (Å²) < 4.78 is 16.9.